The van der Waals surface area contributed by atoms with Crippen LogP contribution < -0.4 is 0 Å². The lowest BCUT2D eigenvalue weighted by atomic mass is 10.2. The molecule has 80 valence electrons. The van der Waals surface area contributed by atoms with Crippen molar-refractivity contribution in [2.45, 2.75) is 33.6 Å². The van der Waals surface area contributed by atoms with Crippen LogP contribution in [-0.4, -0.2) is 11.0 Å². The summed E-state index contributed by atoms with van der Waals surface area (Å²) in [5.74, 6) is 0.775. The lowest BCUT2D eigenvalue weighted by Gasteiger charge is -1.97. The van der Waals surface area contributed by atoms with E-state index >= 15 is 0 Å². The van der Waals surface area contributed by atoms with Gasteiger partial charge in [-0.25, -0.2) is 0 Å². The summed E-state index contributed by atoms with van der Waals surface area (Å²) in [4.78, 5) is 0. The van der Waals surface area contributed by atoms with Crippen molar-refractivity contribution in [3.8, 4) is 0 Å². The Balaban J connectivity index is 0.000000791. The number of aliphatic hydroxyl groups excluding tert-OH is 1. The summed E-state index contributed by atoms with van der Waals surface area (Å²) in [6, 6.07) is 0. The van der Waals surface area contributed by atoms with Gasteiger partial charge >= 0.3 is 0 Å². The first kappa shape index (κ1) is 13.3. The van der Waals surface area contributed by atoms with Gasteiger partial charge in [0.2, 0.25) is 0 Å². The molecule has 14 heavy (non-hydrogen) atoms. The second-order valence-electron chi connectivity index (χ2n) is 2.78. The minimum atomic E-state index is 0.382. The molecule has 1 rings (SSSR count). The molecule has 0 saturated carbocycles. The molecule has 0 atom stereocenters. The third kappa shape index (κ3) is 4.01. The molecule has 0 saturated heterocycles. The molecule has 1 N–H and O–H groups in total. The average Bonchev–Trinajstić information content (AvgIpc) is 2.43. The van der Waals surface area contributed by atoms with Crippen molar-refractivity contribution in [1.29, 1.82) is 0 Å². The third-order valence-corrected chi connectivity index (χ3v) is 2.27. The number of rotatable bonds is 2. The van der Waals surface area contributed by atoms with E-state index in [1.165, 1.54) is 5.57 Å². The molecule has 0 aromatic rings. The maximum Gasteiger partial charge on any atom is 0.100 e. The smallest absolute Gasteiger partial charge is 0.100 e. The summed E-state index contributed by atoms with van der Waals surface area (Å²) in [7, 11) is 0. The van der Waals surface area contributed by atoms with E-state index in [9.17, 15) is 5.11 Å². The Morgan fingerprint density at radius 3 is 2.50 bits per heavy atom. The number of allylic oxidation sites excluding steroid dienone is 5. The van der Waals surface area contributed by atoms with Crippen molar-refractivity contribution in [3.63, 3.8) is 0 Å². The number of hydrogen-bond donors (Lipinski definition) is 1. The van der Waals surface area contributed by atoms with Crippen LogP contribution in [0.15, 0.2) is 35.1 Å². The largest absolute Gasteiger partial charge is 0.512 e. The van der Waals surface area contributed by atoms with E-state index < -0.39 is 0 Å². The normalized spacial score (nSPS) is 15.6. The molecule has 0 unspecified atom stereocenters. The highest BCUT2D eigenvalue weighted by molar-refractivity contribution is 6.19. The lowest BCUT2D eigenvalue weighted by molar-refractivity contribution is 0.396. The van der Waals surface area contributed by atoms with E-state index in [0.29, 0.717) is 18.1 Å². The quantitative estimate of drug-likeness (QED) is 0.678. The summed E-state index contributed by atoms with van der Waals surface area (Å²) >= 11 is 5.65. The SMILES string of the molecule is CC.CCC1=CCC(O)=C(CCl)C=C1. The Hall–Kier alpha value is -0.690. The molecule has 0 fully saturated rings. The standard InChI is InChI=1S/C10H13ClO.C2H6/c1-2-8-3-5-9(7-11)10(12)6-4-8;1-2/h3-5,12H,2,6-7H2,1H3;1-2H3. The molecule has 0 bridgehead atoms. The van der Waals surface area contributed by atoms with Crippen LogP contribution in [0, 0.1) is 0 Å². The molecule has 2 heteroatoms. The molecule has 0 amide bonds. The first-order chi connectivity index (χ1) is 6.77. The first-order valence-electron chi connectivity index (χ1n) is 5.12. The molecule has 0 heterocycles. The fraction of sp³-hybridized carbons (Fsp3) is 0.500. The van der Waals surface area contributed by atoms with Gasteiger partial charge in [0.15, 0.2) is 0 Å². The van der Waals surface area contributed by atoms with E-state index in [0.717, 1.165) is 12.0 Å². The fourth-order valence-electron chi connectivity index (χ4n) is 1.11. The Labute approximate surface area is 91.8 Å². The summed E-state index contributed by atoms with van der Waals surface area (Å²) in [6.45, 7) is 6.10. The van der Waals surface area contributed by atoms with Gasteiger partial charge in [-0.3, -0.25) is 0 Å². The van der Waals surface area contributed by atoms with Gasteiger partial charge in [-0.05, 0) is 6.42 Å². The minimum Gasteiger partial charge on any atom is -0.512 e. The van der Waals surface area contributed by atoms with Crippen LogP contribution in [-0.2, 0) is 0 Å². The topological polar surface area (TPSA) is 20.2 Å². The van der Waals surface area contributed by atoms with E-state index in [-0.39, 0.29) is 0 Å². The zero-order valence-corrected chi connectivity index (χ0v) is 9.93. The Kier molecular flexibility index (Phi) is 7.31. The van der Waals surface area contributed by atoms with Gasteiger partial charge < -0.3 is 5.11 Å². The molecule has 0 aromatic heterocycles. The van der Waals surface area contributed by atoms with Crippen LogP contribution in [0.4, 0.5) is 0 Å². The summed E-state index contributed by atoms with van der Waals surface area (Å²) in [5, 5.41) is 9.46. The van der Waals surface area contributed by atoms with E-state index in [2.05, 4.69) is 6.92 Å². The van der Waals surface area contributed by atoms with Crippen molar-refractivity contribution >= 4 is 11.6 Å². The van der Waals surface area contributed by atoms with Crippen LogP contribution in [0.25, 0.3) is 0 Å². The minimum absolute atomic E-state index is 0.382. The van der Waals surface area contributed by atoms with Gasteiger partial charge in [0, 0.05) is 12.0 Å². The van der Waals surface area contributed by atoms with Crippen molar-refractivity contribution in [2.75, 3.05) is 5.88 Å². The molecule has 1 nitrogen and oxygen atoms in total. The molecule has 0 spiro atoms. The van der Waals surface area contributed by atoms with E-state index in [1.807, 2.05) is 32.1 Å². The summed E-state index contributed by atoms with van der Waals surface area (Å²) in [5.41, 5.74) is 2.08. The highest BCUT2D eigenvalue weighted by atomic mass is 35.5. The van der Waals surface area contributed by atoms with Gasteiger partial charge in [-0.15, -0.1) is 11.6 Å². The highest BCUT2D eigenvalue weighted by Gasteiger charge is 2.03. The molecular weight excluding hydrogens is 196 g/mol. The Bertz CT molecular complexity index is 249. The third-order valence-electron chi connectivity index (χ3n) is 1.98. The van der Waals surface area contributed by atoms with Crippen molar-refractivity contribution in [2.24, 2.45) is 0 Å². The van der Waals surface area contributed by atoms with Gasteiger partial charge in [0.25, 0.3) is 0 Å². The molecule has 0 aromatic carbocycles. The predicted octanol–water partition coefficient (Wildman–Crippen LogP) is 4.36. The first-order valence-corrected chi connectivity index (χ1v) is 5.65. The molecule has 1 aliphatic carbocycles. The van der Waals surface area contributed by atoms with Crippen LogP contribution >= 0.6 is 11.6 Å². The monoisotopic (exact) mass is 214 g/mol. The molecule has 0 radical (unpaired) electrons. The summed E-state index contributed by atoms with van der Waals surface area (Å²) in [6.07, 6.45) is 7.55. The number of alkyl halides is 1. The van der Waals surface area contributed by atoms with Gasteiger partial charge in [-0.2, -0.15) is 0 Å². The molecule has 1 aliphatic rings. The maximum atomic E-state index is 9.46. The van der Waals surface area contributed by atoms with Gasteiger partial charge in [0.1, 0.15) is 5.76 Å². The maximum absolute atomic E-state index is 9.46. The predicted molar refractivity (Wildman–Crippen MR) is 63.9 cm³/mol. The molecular formula is C12H19ClO. The second-order valence-corrected chi connectivity index (χ2v) is 3.04. The molecule has 0 aliphatic heterocycles. The van der Waals surface area contributed by atoms with Crippen LogP contribution in [0.2, 0.25) is 0 Å². The van der Waals surface area contributed by atoms with Crippen LogP contribution in [0.1, 0.15) is 33.6 Å². The van der Waals surface area contributed by atoms with Crippen molar-refractivity contribution < 1.29 is 5.11 Å². The summed E-state index contributed by atoms with van der Waals surface area (Å²) < 4.78 is 0. The van der Waals surface area contributed by atoms with Crippen LogP contribution in [0.5, 0.6) is 0 Å². The zero-order valence-electron chi connectivity index (χ0n) is 9.18. The van der Waals surface area contributed by atoms with Crippen molar-refractivity contribution in [3.05, 3.63) is 35.1 Å². The number of halogens is 1. The Morgan fingerprint density at radius 2 is 2.00 bits per heavy atom. The highest BCUT2D eigenvalue weighted by Crippen LogP contribution is 2.18. The lowest BCUT2D eigenvalue weighted by Crippen LogP contribution is -1.87. The van der Waals surface area contributed by atoms with Gasteiger partial charge in [-0.1, -0.05) is 44.6 Å². The van der Waals surface area contributed by atoms with Crippen molar-refractivity contribution in [1.82, 2.24) is 0 Å². The average molecular weight is 215 g/mol. The zero-order chi connectivity index (χ0) is 11.0. The Morgan fingerprint density at radius 1 is 1.36 bits per heavy atom. The van der Waals surface area contributed by atoms with Gasteiger partial charge in [0.05, 0.1) is 5.88 Å². The van der Waals surface area contributed by atoms with E-state index in [1.54, 1.807) is 0 Å². The second kappa shape index (κ2) is 7.69. The fourth-order valence-corrected chi connectivity index (χ4v) is 1.36. The van der Waals surface area contributed by atoms with Crippen LogP contribution in [0.3, 0.4) is 0 Å². The number of aliphatic hydroxyl groups is 1. The van der Waals surface area contributed by atoms with E-state index in [4.69, 9.17) is 11.6 Å². The number of hydrogen-bond acceptors (Lipinski definition) is 1.